The number of aromatic nitrogens is 6. The van der Waals surface area contributed by atoms with Crippen molar-refractivity contribution in [3.8, 4) is 0 Å². The number of H-pyrrole nitrogens is 1. The number of carboxylic acids is 1. The van der Waals surface area contributed by atoms with Crippen LogP contribution in [0.4, 0.5) is 5.69 Å². The van der Waals surface area contributed by atoms with Crippen molar-refractivity contribution in [2.75, 3.05) is 11.5 Å². The molecule has 6 N–H and O–H groups in total. The van der Waals surface area contributed by atoms with Crippen molar-refractivity contribution in [1.82, 2.24) is 45.7 Å². The lowest BCUT2D eigenvalue weighted by Crippen LogP contribution is -2.71. The third kappa shape index (κ3) is 5.18. The van der Waals surface area contributed by atoms with Crippen molar-refractivity contribution < 1.29 is 24.3 Å². The van der Waals surface area contributed by atoms with Crippen LogP contribution in [-0.4, -0.2) is 85.9 Å². The van der Waals surface area contributed by atoms with Crippen LogP contribution in [0.15, 0.2) is 64.9 Å². The first-order valence-electron chi connectivity index (χ1n) is 13.2. The van der Waals surface area contributed by atoms with Crippen LogP contribution in [0, 0.1) is 0 Å². The second-order valence-corrected chi connectivity index (χ2v) is 11.5. The Kier molecular flexibility index (Phi) is 7.59. The van der Waals surface area contributed by atoms with Crippen LogP contribution in [-0.2, 0) is 21.4 Å². The van der Waals surface area contributed by atoms with Gasteiger partial charge >= 0.3 is 5.97 Å². The number of aromatic amines is 1. The molecule has 3 aromatic heterocycles. The fourth-order valence-corrected chi connectivity index (χ4v) is 6.79. The van der Waals surface area contributed by atoms with Crippen molar-refractivity contribution in [3.63, 3.8) is 0 Å². The second-order valence-electron chi connectivity index (χ2n) is 9.99. The van der Waals surface area contributed by atoms with Gasteiger partial charge in [-0.1, -0.05) is 24.4 Å². The maximum absolute atomic E-state index is 13.7. The summed E-state index contributed by atoms with van der Waals surface area (Å²) in [4.78, 5) is 73.7. The Morgan fingerprint density at radius 2 is 1.96 bits per heavy atom. The van der Waals surface area contributed by atoms with Crippen molar-refractivity contribution in [3.05, 3.63) is 87.2 Å². The highest BCUT2D eigenvalue weighted by Crippen LogP contribution is 2.41. The molecule has 0 saturated carbocycles. The van der Waals surface area contributed by atoms with E-state index in [-0.39, 0.29) is 38.8 Å². The quantitative estimate of drug-likeness (QED) is 0.0714. The summed E-state index contributed by atoms with van der Waals surface area (Å²) >= 11 is 6.66. The molecule has 3 amide bonds. The summed E-state index contributed by atoms with van der Waals surface area (Å²) < 4.78 is 1.29. The number of benzene rings is 1. The number of hydrogen-bond donors (Lipinski definition) is 5. The van der Waals surface area contributed by atoms with Gasteiger partial charge in [-0.15, -0.1) is 16.9 Å². The molecule has 0 aliphatic carbocycles. The fourth-order valence-electron chi connectivity index (χ4n) is 5.00. The number of thioether (sulfide) groups is 1. The third-order valence-corrected chi connectivity index (χ3v) is 8.97. The molecule has 18 heteroatoms. The zero-order valence-electron chi connectivity index (χ0n) is 23.1. The number of nitrogen functional groups attached to an aromatic ring is 1. The SMILES string of the molecule is Cn1nnnc1C(=S)C1=C(C(=O)O)N2C(=O)C(NC(=O)C(NC(=O)c3c[nH]c4cccnc4c3=O)c3ccc(N)cc3)[C@@H]2SC1. The first-order chi connectivity index (χ1) is 21.6. The molecule has 2 unspecified atom stereocenters. The first kappa shape index (κ1) is 29.6. The Bertz CT molecular complexity index is 2010. The summed E-state index contributed by atoms with van der Waals surface area (Å²) in [7, 11) is 1.55. The van der Waals surface area contributed by atoms with Gasteiger partial charge < -0.3 is 26.5 Å². The number of thiocarbonyl (C=S) groups is 1. The highest BCUT2D eigenvalue weighted by Gasteiger charge is 2.55. The van der Waals surface area contributed by atoms with E-state index < -0.39 is 46.6 Å². The number of aryl methyl sites for hydroxylation is 1. The Hall–Kier alpha value is -5.49. The second kappa shape index (κ2) is 11.5. The number of carboxylic acid groups (broad SMARTS) is 1. The number of anilines is 1. The van der Waals surface area contributed by atoms with E-state index in [1.807, 2.05) is 0 Å². The number of nitrogens with zero attached hydrogens (tertiary/aromatic N) is 6. The summed E-state index contributed by atoms with van der Waals surface area (Å²) in [6.45, 7) is 0. The highest BCUT2D eigenvalue weighted by molar-refractivity contribution is 8.00. The number of nitrogens with two attached hydrogens (primary N) is 1. The number of tetrazole rings is 1. The van der Waals surface area contributed by atoms with Gasteiger partial charge in [0.2, 0.25) is 11.3 Å². The molecule has 0 radical (unpaired) electrons. The van der Waals surface area contributed by atoms with Gasteiger partial charge in [0.15, 0.2) is 5.82 Å². The van der Waals surface area contributed by atoms with Gasteiger partial charge in [-0.3, -0.25) is 29.1 Å². The Labute approximate surface area is 262 Å². The molecule has 0 bridgehead atoms. The fraction of sp³-hybridized carbons (Fsp3) is 0.185. The summed E-state index contributed by atoms with van der Waals surface area (Å²) in [6.07, 6.45) is 2.64. The molecular weight excluding hydrogens is 624 g/mol. The number of fused-ring (bicyclic) bond motifs is 2. The van der Waals surface area contributed by atoms with Gasteiger partial charge in [-0.05, 0) is 40.3 Å². The average molecular weight is 647 g/mol. The maximum Gasteiger partial charge on any atom is 0.353 e. The van der Waals surface area contributed by atoms with Crippen LogP contribution in [0.1, 0.15) is 27.8 Å². The molecule has 16 nitrogen and oxygen atoms in total. The number of rotatable bonds is 8. The number of hydrogen-bond acceptors (Lipinski definition) is 12. The molecule has 3 atom stereocenters. The smallest absolute Gasteiger partial charge is 0.353 e. The molecule has 2 aliphatic heterocycles. The van der Waals surface area contributed by atoms with Crippen LogP contribution < -0.4 is 21.8 Å². The van der Waals surface area contributed by atoms with Crippen molar-refractivity contribution in [2.45, 2.75) is 17.5 Å². The highest BCUT2D eigenvalue weighted by atomic mass is 32.2. The summed E-state index contributed by atoms with van der Waals surface area (Å²) in [6, 6.07) is 6.90. The molecule has 45 heavy (non-hydrogen) atoms. The van der Waals surface area contributed by atoms with E-state index in [4.69, 9.17) is 18.0 Å². The van der Waals surface area contributed by atoms with E-state index in [0.29, 0.717) is 16.8 Å². The molecule has 228 valence electrons. The topological polar surface area (TPSA) is 231 Å². The van der Waals surface area contributed by atoms with E-state index in [2.05, 4.69) is 36.1 Å². The molecule has 1 saturated heterocycles. The van der Waals surface area contributed by atoms with E-state index in [1.165, 1.54) is 53.1 Å². The van der Waals surface area contributed by atoms with E-state index in [1.54, 1.807) is 19.2 Å². The Morgan fingerprint density at radius 1 is 1.20 bits per heavy atom. The third-order valence-electron chi connectivity index (χ3n) is 7.26. The standard InChI is InChI=1S/C27H22N10O6S2/c1-36-22(33-34-35-36)21(44)14-10-45-26-18(25(41)37(26)19(14)27(42)43)32-24(40)16(11-4-6-12(28)7-5-11)31-23(39)13-9-30-15-3-2-8-29-17(15)20(13)38/h2-9,16,18,26H,10,28H2,1H3,(H,30,38)(H,31,39)(H,32,40)(H,42,43)/t16?,18?,26-/m0/s1. The van der Waals surface area contributed by atoms with Gasteiger partial charge in [0.25, 0.3) is 11.8 Å². The largest absolute Gasteiger partial charge is 0.477 e. The van der Waals surface area contributed by atoms with Gasteiger partial charge in [-0.25, -0.2) is 9.48 Å². The molecule has 6 rings (SSSR count). The summed E-state index contributed by atoms with van der Waals surface area (Å²) in [5.74, 6) is -3.43. The predicted octanol–water partition coefficient (Wildman–Crippen LogP) is -0.343. The van der Waals surface area contributed by atoms with Gasteiger partial charge in [-0.2, -0.15) is 0 Å². The lowest BCUT2D eigenvalue weighted by Gasteiger charge is -2.49. The van der Waals surface area contributed by atoms with E-state index >= 15 is 0 Å². The van der Waals surface area contributed by atoms with Crippen LogP contribution in [0.2, 0.25) is 0 Å². The van der Waals surface area contributed by atoms with Gasteiger partial charge in [0.05, 0.1) is 10.4 Å². The lowest BCUT2D eigenvalue weighted by atomic mass is 9.99. The molecule has 2 aliphatic rings. The zero-order chi connectivity index (χ0) is 32.0. The minimum absolute atomic E-state index is 0.0460. The molecule has 5 heterocycles. The van der Waals surface area contributed by atoms with Crippen molar-refractivity contribution in [2.24, 2.45) is 7.05 Å². The maximum atomic E-state index is 13.7. The number of pyridine rings is 2. The van der Waals surface area contributed by atoms with Crippen LogP contribution in [0.5, 0.6) is 0 Å². The van der Waals surface area contributed by atoms with Gasteiger partial charge in [0, 0.05) is 36.5 Å². The molecule has 0 spiro atoms. The lowest BCUT2D eigenvalue weighted by molar-refractivity contribution is -0.150. The summed E-state index contributed by atoms with van der Waals surface area (Å²) in [5.41, 5.74) is 5.97. The van der Waals surface area contributed by atoms with Crippen LogP contribution >= 0.6 is 24.0 Å². The molecule has 4 aromatic rings. The first-order valence-corrected chi connectivity index (χ1v) is 14.6. The minimum Gasteiger partial charge on any atom is -0.477 e. The number of carbonyl (C=O) groups is 4. The van der Waals surface area contributed by atoms with Crippen LogP contribution in [0.3, 0.4) is 0 Å². The molecule has 1 fully saturated rings. The van der Waals surface area contributed by atoms with Gasteiger partial charge in [0.1, 0.15) is 34.2 Å². The van der Waals surface area contributed by atoms with E-state index in [0.717, 1.165) is 4.90 Å². The number of aliphatic carboxylic acids is 1. The number of β-lactam (4-membered cyclic amide) rings is 1. The minimum atomic E-state index is -1.38. The number of nitrogens with one attached hydrogen (secondary N) is 3. The van der Waals surface area contributed by atoms with Crippen molar-refractivity contribution in [1.29, 1.82) is 0 Å². The Morgan fingerprint density at radius 3 is 2.64 bits per heavy atom. The average Bonchev–Trinajstić information content (AvgIpc) is 3.47. The number of amides is 3. The van der Waals surface area contributed by atoms with E-state index in [9.17, 15) is 29.1 Å². The molecular formula is C27H22N10O6S2. The normalized spacial score (nSPS) is 18.2. The van der Waals surface area contributed by atoms with Crippen LogP contribution in [0.25, 0.3) is 11.0 Å². The summed E-state index contributed by atoms with van der Waals surface area (Å²) in [5, 5.41) is 25.6. The predicted molar refractivity (Wildman–Crippen MR) is 164 cm³/mol. The molecule has 1 aromatic carbocycles. The Balaban J connectivity index is 1.26. The monoisotopic (exact) mass is 646 g/mol. The number of carbonyl (C=O) groups excluding carboxylic acids is 3. The zero-order valence-corrected chi connectivity index (χ0v) is 24.8. The van der Waals surface area contributed by atoms with Crippen molar-refractivity contribution >= 4 is 69.3 Å².